The van der Waals surface area contributed by atoms with Gasteiger partial charge in [0.2, 0.25) is 10.0 Å². The lowest BCUT2D eigenvalue weighted by Crippen LogP contribution is -2.33. The molecule has 6 heteroatoms. The minimum atomic E-state index is -3.46. The first kappa shape index (κ1) is 20.4. The van der Waals surface area contributed by atoms with Gasteiger partial charge in [0, 0.05) is 18.7 Å². The van der Waals surface area contributed by atoms with Crippen LogP contribution < -0.4 is 9.47 Å². The van der Waals surface area contributed by atoms with Crippen LogP contribution in [-0.2, 0) is 28.7 Å². The zero-order valence-electron chi connectivity index (χ0n) is 16.6. The van der Waals surface area contributed by atoms with E-state index in [4.69, 9.17) is 9.47 Å². The molecule has 1 heterocycles. The van der Waals surface area contributed by atoms with E-state index in [1.165, 1.54) is 4.31 Å². The average molecular weight is 402 g/mol. The van der Waals surface area contributed by atoms with Gasteiger partial charge in [0.15, 0.2) is 11.5 Å². The Morgan fingerprint density at radius 3 is 2.50 bits per heavy atom. The molecule has 0 N–H and O–H groups in total. The summed E-state index contributed by atoms with van der Waals surface area (Å²) in [7, 11) is -1.84. The molecule has 0 atom stereocenters. The van der Waals surface area contributed by atoms with Gasteiger partial charge in [0.25, 0.3) is 0 Å². The SMILES string of the molecule is COc1ccc2c(c1OC(C)C)C/C=C\CN(S(=O)(=O)Cc1ccccc1)C2. The molecule has 0 radical (unpaired) electrons. The van der Waals surface area contributed by atoms with Crippen LogP contribution >= 0.6 is 0 Å². The molecule has 3 rings (SSSR count). The normalized spacial score (nSPS) is 16.1. The Bertz CT molecular complexity index is 937. The van der Waals surface area contributed by atoms with Gasteiger partial charge < -0.3 is 9.47 Å². The lowest BCUT2D eigenvalue weighted by molar-refractivity contribution is 0.227. The van der Waals surface area contributed by atoms with E-state index in [0.29, 0.717) is 31.0 Å². The fraction of sp³-hybridized carbons (Fsp3) is 0.364. The van der Waals surface area contributed by atoms with E-state index in [-0.39, 0.29) is 11.9 Å². The number of ether oxygens (including phenoxy) is 2. The van der Waals surface area contributed by atoms with E-state index in [1.54, 1.807) is 7.11 Å². The Balaban J connectivity index is 1.95. The molecule has 28 heavy (non-hydrogen) atoms. The zero-order chi connectivity index (χ0) is 20.1. The van der Waals surface area contributed by atoms with Gasteiger partial charge in [-0.25, -0.2) is 8.42 Å². The Morgan fingerprint density at radius 2 is 1.82 bits per heavy atom. The monoisotopic (exact) mass is 401 g/mol. The molecule has 2 aromatic rings. The van der Waals surface area contributed by atoms with E-state index >= 15 is 0 Å². The predicted octanol–water partition coefficient (Wildman–Crippen LogP) is 3.93. The van der Waals surface area contributed by atoms with Gasteiger partial charge in [0.1, 0.15) is 0 Å². The Morgan fingerprint density at radius 1 is 1.07 bits per heavy atom. The van der Waals surface area contributed by atoms with Crippen LogP contribution in [0.1, 0.15) is 30.5 Å². The van der Waals surface area contributed by atoms with Crippen LogP contribution in [-0.4, -0.2) is 32.5 Å². The third kappa shape index (κ3) is 4.75. The van der Waals surface area contributed by atoms with Crippen molar-refractivity contribution in [1.29, 1.82) is 0 Å². The highest BCUT2D eigenvalue weighted by Gasteiger charge is 2.26. The summed E-state index contributed by atoms with van der Waals surface area (Å²) in [5, 5.41) is 0. The van der Waals surface area contributed by atoms with Crippen LogP contribution in [0.4, 0.5) is 0 Å². The Kier molecular flexibility index (Phi) is 6.42. The van der Waals surface area contributed by atoms with E-state index in [9.17, 15) is 8.42 Å². The van der Waals surface area contributed by atoms with Crippen molar-refractivity contribution < 1.29 is 17.9 Å². The van der Waals surface area contributed by atoms with Crippen molar-refractivity contribution in [2.45, 2.75) is 38.7 Å². The summed E-state index contributed by atoms with van der Waals surface area (Å²) in [6.07, 6.45) is 4.58. The molecule has 1 aliphatic heterocycles. The van der Waals surface area contributed by atoms with Crippen LogP contribution in [0.25, 0.3) is 0 Å². The summed E-state index contributed by atoms with van der Waals surface area (Å²) in [5.74, 6) is 1.35. The number of rotatable bonds is 6. The van der Waals surface area contributed by atoms with Crippen LogP contribution in [0.15, 0.2) is 54.6 Å². The van der Waals surface area contributed by atoms with Crippen molar-refractivity contribution in [2.24, 2.45) is 0 Å². The topological polar surface area (TPSA) is 55.8 Å². The molecule has 150 valence electrons. The molecule has 0 unspecified atom stereocenters. The number of benzene rings is 2. The van der Waals surface area contributed by atoms with E-state index in [0.717, 1.165) is 16.7 Å². The number of sulfonamides is 1. The van der Waals surface area contributed by atoms with Crippen molar-refractivity contribution in [2.75, 3.05) is 13.7 Å². The van der Waals surface area contributed by atoms with Crippen LogP contribution in [0.3, 0.4) is 0 Å². The summed E-state index contributed by atoms with van der Waals surface area (Å²) >= 11 is 0. The second kappa shape index (κ2) is 8.80. The summed E-state index contributed by atoms with van der Waals surface area (Å²) < 4.78 is 39.1. The van der Waals surface area contributed by atoms with Gasteiger partial charge in [-0.05, 0) is 37.5 Å². The fourth-order valence-corrected chi connectivity index (χ4v) is 4.73. The second-order valence-electron chi connectivity index (χ2n) is 7.11. The molecule has 0 bridgehead atoms. The highest BCUT2D eigenvalue weighted by atomic mass is 32.2. The number of allylic oxidation sites excluding steroid dienone is 1. The quantitative estimate of drug-likeness (QED) is 0.689. The van der Waals surface area contributed by atoms with E-state index in [2.05, 4.69) is 0 Å². The molecule has 0 saturated heterocycles. The summed E-state index contributed by atoms with van der Waals surface area (Å²) in [6.45, 7) is 4.61. The van der Waals surface area contributed by atoms with Gasteiger partial charge in [0.05, 0.1) is 19.0 Å². The molecule has 0 aromatic heterocycles. The first-order chi connectivity index (χ1) is 13.4. The van der Waals surface area contributed by atoms with Gasteiger partial charge >= 0.3 is 0 Å². The highest BCUT2D eigenvalue weighted by molar-refractivity contribution is 7.88. The first-order valence-corrected chi connectivity index (χ1v) is 11.0. The number of fused-ring (bicyclic) bond motifs is 1. The smallest absolute Gasteiger partial charge is 0.218 e. The van der Waals surface area contributed by atoms with E-state index < -0.39 is 10.0 Å². The third-order valence-electron chi connectivity index (χ3n) is 4.62. The predicted molar refractivity (Wildman–Crippen MR) is 111 cm³/mol. The van der Waals surface area contributed by atoms with Crippen LogP contribution in [0.2, 0.25) is 0 Å². The average Bonchev–Trinajstić information content (AvgIpc) is 2.62. The van der Waals surface area contributed by atoms with Crippen molar-refractivity contribution in [3.63, 3.8) is 0 Å². The molecule has 0 fully saturated rings. The molecule has 0 saturated carbocycles. The molecule has 0 amide bonds. The van der Waals surface area contributed by atoms with Gasteiger partial charge in [-0.2, -0.15) is 4.31 Å². The van der Waals surface area contributed by atoms with Gasteiger partial charge in [-0.15, -0.1) is 0 Å². The van der Waals surface area contributed by atoms with Crippen molar-refractivity contribution in [3.8, 4) is 11.5 Å². The second-order valence-corrected chi connectivity index (χ2v) is 9.08. The minimum absolute atomic E-state index is 0.00673. The minimum Gasteiger partial charge on any atom is -0.493 e. The fourth-order valence-electron chi connectivity index (χ4n) is 3.28. The lowest BCUT2D eigenvalue weighted by atomic mass is 10.0. The number of methoxy groups -OCH3 is 1. The number of hydrogen-bond donors (Lipinski definition) is 0. The summed E-state index contributed by atoms with van der Waals surface area (Å²) in [4.78, 5) is 0. The summed E-state index contributed by atoms with van der Waals surface area (Å²) in [6, 6.07) is 13.1. The number of hydrogen-bond acceptors (Lipinski definition) is 4. The maximum Gasteiger partial charge on any atom is 0.218 e. The lowest BCUT2D eigenvalue weighted by Gasteiger charge is -2.26. The Labute approximate surface area is 167 Å². The standard InChI is InChI=1S/C22H27NO4S/c1-17(2)27-22-20-11-7-8-14-23(15-19(20)12-13-21(22)26-3)28(24,25)16-18-9-5-4-6-10-18/h4-10,12-13,17H,11,14-16H2,1-3H3/b8-7-. The third-order valence-corrected chi connectivity index (χ3v) is 6.39. The highest BCUT2D eigenvalue weighted by Crippen LogP contribution is 2.36. The Hall–Kier alpha value is -2.31. The molecule has 0 aliphatic carbocycles. The molecular weight excluding hydrogens is 374 g/mol. The maximum absolute atomic E-state index is 13.1. The largest absolute Gasteiger partial charge is 0.493 e. The molecule has 2 aromatic carbocycles. The van der Waals surface area contributed by atoms with Crippen molar-refractivity contribution in [1.82, 2.24) is 4.31 Å². The van der Waals surface area contributed by atoms with Crippen LogP contribution in [0.5, 0.6) is 11.5 Å². The maximum atomic E-state index is 13.1. The number of nitrogens with zero attached hydrogens (tertiary/aromatic N) is 1. The van der Waals surface area contributed by atoms with Gasteiger partial charge in [-0.3, -0.25) is 0 Å². The van der Waals surface area contributed by atoms with Crippen molar-refractivity contribution in [3.05, 3.63) is 71.3 Å². The first-order valence-electron chi connectivity index (χ1n) is 9.43. The van der Waals surface area contributed by atoms with Crippen molar-refractivity contribution >= 4 is 10.0 Å². The van der Waals surface area contributed by atoms with Gasteiger partial charge in [-0.1, -0.05) is 48.6 Å². The zero-order valence-corrected chi connectivity index (χ0v) is 17.4. The molecule has 5 nitrogen and oxygen atoms in total. The molecule has 1 aliphatic rings. The summed E-state index contributed by atoms with van der Waals surface area (Å²) in [5.41, 5.74) is 2.70. The molecular formula is C22H27NO4S. The van der Waals surface area contributed by atoms with Crippen LogP contribution in [0, 0.1) is 0 Å². The molecule has 0 spiro atoms. The van der Waals surface area contributed by atoms with E-state index in [1.807, 2.05) is 68.5 Å².